The van der Waals surface area contributed by atoms with Gasteiger partial charge in [0, 0.05) is 36.5 Å². The van der Waals surface area contributed by atoms with E-state index in [4.69, 9.17) is 5.73 Å². The molecule has 0 saturated heterocycles. The maximum absolute atomic E-state index is 11.9. The van der Waals surface area contributed by atoms with Crippen LogP contribution in [0.15, 0.2) is 29.3 Å². The van der Waals surface area contributed by atoms with Gasteiger partial charge in [0.1, 0.15) is 0 Å². The first-order chi connectivity index (χ1) is 7.91. The van der Waals surface area contributed by atoms with Crippen molar-refractivity contribution >= 4 is 33.2 Å². The van der Waals surface area contributed by atoms with Crippen LogP contribution in [-0.4, -0.2) is 31.4 Å². The van der Waals surface area contributed by atoms with Crippen LogP contribution in [0.1, 0.15) is 10.4 Å². The van der Waals surface area contributed by atoms with E-state index in [1.807, 2.05) is 0 Å². The molecule has 0 spiro atoms. The van der Waals surface area contributed by atoms with Crippen molar-refractivity contribution in [3.63, 3.8) is 0 Å². The first-order valence-electron chi connectivity index (χ1n) is 5.10. The van der Waals surface area contributed by atoms with Gasteiger partial charge in [0.2, 0.25) is 0 Å². The molecular weight excluding hydrogens is 282 g/mol. The lowest BCUT2D eigenvalue weighted by Crippen LogP contribution is -2.23. The summed E-state index contributed by atoms with van der Waals surface area (Å²) >= 11 is 3.26. The van der Waals surface area contributed by atoms with E-state index in [2.05, 4.69) is 27.8 Å². The highest BCUT2D eigenvalue weighted by Gasteiger charge is 2.13. The first-order valence-corrected chi connectivity index (χ1v) is 5.89. The Bertz CT molecular complexity index is 443. The van der Waals surface area contributed by atoms with Crippen LogP contribution in [0.3, 0.4) is 0 Å². The normalized spacial score (nSPS) is 9.82. The van der Waals surface area contributed by atoms with Crippen molar-refractivity contribution in [1.82, 2.24) is 4.90 Å². The molecule has 0 aliphatic heterocycles. The zero-order chi connectivity index (χ0) is 13.0. The van der Waals surface area contributed by atoms with Gasteiger partial charge in [-0.1, -0.05) is 22.5 Å². The number of nitrogens with zero attached hydrogens (tertiary/aromatic N) is 1. The van der Waals surface area contributed by atoms with E-state index < -0.39 is 0 Å². The summed E-state index contributed by atoms with van der Waals surface area (Å²) in [6.45, 7) is 4.27. The van der Waals surface area contributed by atoms with Crippen LogP contribution in [0.4, 0.5) is 11.4 Å². The fourth-order valence-electron chi connectivity index (χ4n) is 1.33. The molecule has 17 heavy (non-hydrogen) atoms. The Morgan fingerprint density at radius 2 is 2.18 bits per heavy atom. The summed E-state index contributed by atoms with van der Waals surface area (Å²) in [4.78, 5) is 13.5. The van der Waals surface area contributed by atoms with Gasteiger partial charge in [-0.15, -0.1) is 0 Å². The van der Waals surface area contributed by atoms with Crippen LogP contribution >= 0.6 is 15.9 Å². The molecular formula is C12H16BrN3O. The number of nitrogen functional groups attached to an aromatic ring is 1. The zero-order valence-corrected chi connectivity index (χ0v) is 11.5. The molecule has 0 aliphatic carbocycles. The average molecular weight is 298 g/mol. The molecule has 1 aromatic carbocycles. The third-order valence-corrected chi connectivity index (χ3v) is 2.43. The molecule has 92 valence electrons. The molecule has 0 aliphatic rings. The minimum absolute atomic E-state index is 0.0623. The van der Waals surface area contributed by atoms with Gasteiger partial charge in [-0.2, -0.15) is 0 Å². The van der Waals surface area contributed by atoms with Crippen molar-refractivity contribution in [3.05, 3.63) is 34.8 Å². The van der Waals surface area contributed by atoms with Crippen LogP contribution < -0.4 is 11.1 Å². The second-order valence-electron chi connectivity index (χ2n) is 3.88. The molecule has 0 aromatic heterocycles. The second kappa shape index (κ2) is 5.72. The molecule has 1 amide bonds. The molecule has 3 N–H and O–H groups in total. The van der Waals surface area contributed by atoms with Gasteiger partial charge in [0.15, 0.2) is 0 Å². The first kappa shape index (κ1) is 13.6. The fourth-order valence-corrected chi connectivity index (χ4v) is 1.47. The van der Waals surface area contributed by atoms with Crippen molar-refractivity contribution in [2.45, 2.75) is 0 Å². The van der Waals surface area contributed by atoms with E-state index in [1.165, 1.54) is 4.90 Å². The molecule has 0 radical (unpaired) electrons. The molecule has 1 aromatic rings. The maximum atomic E-state index is 11.9. The Kier molecular flexibility index (Phi) is 4.57. The minimum Gasteiger partial charge on any atom is -0.399 e. The molecule has 0 fully saturated rings. The molecule has 0 bridgehead atoms. The Balaban J connectivity index is 3.03. The Labute approximate surface area is 110 Å². The van der Waals surface area contributed by atoms with Crippen LogP contribution in [0.2, 0.25) is 0 Å². The number of nitrogens with two attached hydrogens (primary N) is 1. The fraction of sp³-hybridized carbons (Fsp3) is 0.250. The van der Waals surface area contributed by atoms with Crippen molar-refractivity contribution in [2.75, 3.05) is 31.7 Å². The minimum atomic E-state index is -0.0623. The van der Waals surface area contributed by atoms with Crippen LogP contribution in [0, 0.1) is 0 Å². The Morgan fingerprint density at radius 1 is 1.53 bits per heavy atom. The molecule has 0 saturated carbocycles. The maximum Gasteiger partial charge on any atom is 0.255 e. The number of halogens is 1. The lowest BCUT2D eigenvalue weighted by atomic mass is 10.1. The number of carbonyl (C=O) groups excluding carboxylic acids is 1. The zero-order valence-electron chi connectivity index (χ0n) is 9.96. The molecule has 4 nitrogen and oxygen atoms in total. The standard InChI is InChI=1S/C12H16BrN3O/c1-8(13)7-15-11-6-9(14)4-5-10(11)12(17)16(2)3/h4-6,15H,1,7,14H2,2-3H3. The van der Waals surface area contributed by atoms with Gasteiger partial charge in [-0.05, 0) is 18.2 Å². The summed E-state index contributed by atoms with van der Waals surface area (Å²) in [5, 5.41) is 3.12. The van der Waals surface area contributed by atoms with Gasteiger partial charge in [0.25, 0.3) is 5.91 Å². The third-order valence-electron chi connectivity index (χ3n) is 2.15. The lowest BCUT2D eigenvalue weighted by Gasteiger charge is -2.15. The van der Waals surface area contributed by atoms with E-state index in [0.29, 0.717) is 23.5 Å². The average Bonchev–Trinajstić information content (AvgIpc) is 2.25. The highest BCUT2D eigenvalue weighted by atomic mass is 79.9. The van der Waals surface area contributed by atoms with Gasteiger partial charge in [-0.3, -0.25) is 4.79 Å². The van der Waals surface area contributed by atoms with E-state index in [9.17, 15) is 4.79 Å². The topological polar surface area (TPSA) is 58.4 Å². The van der Waals surface area contributed by atoms with Crippen molar-refractivity contribution < 1.29 is 4.79 Å². The van der Waals surface area contributed by atoms with Crippen molar-refractivity contribution in [2.24, 2.45) is 0 Å². The van der Waals surface area contributed by atoms with Gasteiger partial charge in [-0.25, -0.2) is 0 Å². The molecule has 5 heteroatoms. The molecule has 0 heterocycles. The molecule has 0 unspecified atom stereocenters. The monoisotopic (exact) mass is 297 g/mol. The smallest absolute Gasteiger partial charge is 0.255 e. The van der Waals surface area contributed by atoms with Gasteiger partial charge < -0.3 is 16.0 Å². The van der Waals surface area contributed by atoms with Gasteiger partial charge >= 0.3 is 0 Å². The number of nitrogens with one attached hydrogen (secondary N) is 1. The quantitative estimate of drug-likeness (QED) is 0.839. The third kappa shape index (κ3) is 3.78. The van der Waals surface area contributed by atoms with Gasteiger partial charge in [0.05, 0.1) is 5.56 Å². The van der Waals surface area contributed by atoms with E-state index in [-0.39, 0.29) is 5.91 Å². The summed E-state index contributed by atoms with van der Waals surface area (Å²) in [6.07, 6.45) is 0. The van der Waals surface area contributed by atoms with E-state index in [1.54, 1.807) is 32.3 Å². The summed E-state index contributed by atoms with van der Waals surface area (Å²) in [5.74, 6) is -0.0623. The van der Waals surface area contributed by atoms with Crippen molar-refractivity contribution in [3.8, 4) is 0 Å². The van der Waals surface area contributed by atoms with Crippen LogP contribution in [0.5, 0.6) is 0 Å². The number of amides is 1. The van der Waals surface area contributed by atoms with Crippen LogP contribution in [0.25, 0.3) is 0 Å². The largest absolute Gasteiger partial charge is 0.399 e. The number of benzene rings is 1. The summed E-state index contributed by atoms with van der Waals surface area (Å²) in [5.41, 5.74) is 7.63. The number of anilines is 2. The molecule has 1 rings (SSSR count). The SMILES string of the molecule is C=C(Br)CNc1cc(N)ccc1C(=O)N(C)C. The summed E-state index contributed by atoms with van der Waals surface area (Å²) in [6, 6.07) is 5.18. The van der Waals surface area contributed by atoms with E-state index >= 15 is 0 Å². The number of carbonyl (C=O) groups is 1. The van der Waals surface area contributed by atoms with E-state index in [0.717, 1.165) is 4.48 Å². The van der Waals surface area contributed by atoms with Crippen molar-refractivity contribution in [1.29, 1.82) is 0 Å². The van der Waals surface area contributed by atoms with Crippen LogP contribution in [-0.2, 0) is 0 Å². The number of rotatable bonds is 4. The second-order valence-corrected chi connectivity index (χ2v) is 5.00. The predicted octanol–water partition coefficient (Wildman–Crippen LogP) is 2.29. The lowest BCUT2D eigenvalue weighted by molar-refractivity contribution is 0.0828. The number of hydrogen-bond donors (Lipinski definition) is 2. The Morgan fingerprint density at radius 3 is 2.71 bits per heavy atom. The predicted molar refractivity (Wildman–Crippen MR) is 75.4 cm³/mol. The highest BCUT2D eigenvalue weighted by Crippen LogP contribution is 2.21. The summed E-state index contributed by atoms with van der Waals surface area (Å²) in [7, 11) is 3.43. The molecule has 0 atom stereocenters. The number of hydrogen-bond acceptors (Lipinski definition) is 3. The summed E-state index contributed by atoms with van der Waals surface area (Å²) < 4.78 is 0.808. The Hall–Kier alpha value is -1.49. The highest BCUT2D eigenvalue weighted by molar-refractivity contribution is 9.11.